The molecule has 0 aliphatic carbocycles. The van der Waals surface area contributed by atoms with Crippen LogP contribution in [0.1, 0.15) is 25.3 Å². The van der Waals surface area contributed by atoms with Crippen LogP contribution in [-0.4, -0.2) is 35.9 Å². The van der Waals surface area contributed by atoms with Crippen molar-refractivity contribution in [2.45, 2.75) is 31.7 Å². The number of carbonyl (C=O) groups excluding carboxylic acids is 1. The van der Waals surface area contributed by atoms with Crippen molar-refractivity contribution >= 4 is 17.7 Å². The SMILES string of the molecule is CCc1ccccc1NC(=O)NC1(C(=O)O)CCOCC1. The first-order valence-electron chi connectivity index (χ1n) is 7.05. The molecule has 0 spiro atoms. The summed E-state index contributed by atoms with van der Waals surface area (Å²) in [5.41, 5.74) is 0.456. The molecule has 2 amide bonds. The number of carboxylic acids is 1. The number of hydrogen-bond acceptors (Lipinski definition) is 3. The average Bonchev–Trinajstić information content (AvgIpc) is 2.48. The molecule has 1 heterocycles. The van der Waals surface area contributed by atoms with Crippen molar-refractivity contribution in [1.82, 2.24) is 5.32 Å². The lowest BCUT2D eigenvalue weighted by Crippen LogP contribution is -2.58. The van der Waals surface area contributed by atoms with Crippen LogP contribution in [0.2, 0.25) is 0 Å². The highest BCUT2D eigenvalue weighted by molar-refractivity contribution is 5.94. The van der Waals surface area contributed by atoms with Crippen LogP contribution in [0.3, 0.4) is 0 Å². The van der Waals surface area contributed by atoms with E-state index in [1.165, 1.54) is 0 Å². The number of urea groups is 1. The summed E-state index contributed by atoms with van der Waals surface area (Å²) in [4.78, 5) is 23.6. The summed E-state index contributed by atoms with van der Waals surface area (Å²) >= 11 is 0. The van der Waals surface area contributed by atoms with E-state index in [1.807, 2.05) is 25.1 Å². The zero-order valence-electron chi connectivity index (χ0n) is 12.0. The lowest BCUT2D eigenvalue weighted by atomic mass is 9.90. The van der Waals surface area contributed by atoms with Gasteiger partial charge in [0.25, 0.3) is 0 Å². The Bertz CT molecular complexity index is 524. The molecule has 21 heavy (non-hydrogen) atoms. The molecule has 1 aliphatic rings. The third-order valence-corrected chi connectivity index (χ3v) is 3.76. The molecule has 1 aliphatic heterocycles. The van der Waals surface area contributed by atoms with Crippen LogP contribution >= 0.6 is 0 Å². The molecule has 1 saturated heterocycles. The Labute approximate surface area is 123 Å². The quantitative estimate of drug-likeness (QED) is 0.792. The molecule has 1 fully saturated rings. The van der Waals surface area contributed by atoms with Crippen LogP contribution in [0, 0.1) is 0 Å². The van der Waals surface area contributed by atoms with Gasteiger partial charge in [0.05, 0.1) is 0 Å². The number of ether oxygens (including phenoxy) is 1. The van der Waals surface area contributed by atoms with Gasteiger partial charge in [0.15, 0.2) is 0 Å². The number of anilines is 1. The molecule has 3 N–H and O–H groups in total. The number of rotatable bonds is 4. The van der Waals surface area contributed by atoms with E-state index in [0.29, 0.717) is 18.9 Å². The van der Waals surface area contributed by atoms with Gasteiger partial charge in [-0.2, -0.15) is 0 Å². The molecule has 0 atom stereocenters. The molecule has 0 unspecified atom stereocenters. The summed E-state index contributed by atoms with van der Waals surface area (Å²) in [7, 11) is 0. The Balaban J connectivity index is 2.07. The second-order valence-corrected chi connectivity index (χ2v) is 5.09. The number of carboxylic acid groups (broad SMARTS) is 1. The van der Waals surface area contributed by atoms with Crippen molar-refractivity contribution in [3.63, 3.8) is 0 Å². The topological polar surface area (TPSA) is 87.7 Å². The maximum atomic E-state index is 12.1. The number of benzene rings is 1. The third-order valence-electron chi connectivity index (χ3n) is 3.76. The van der Waals surface area contributed by atoms with Gasteiger partial charge < -0.3 is 20.5 Å². The number of hydrogen-bond donors (Lipinski definition) is 3. The highest BCUT2D eigenvalue weighted by Crippen LogP contribution is 2.22. The van der Waals surface area contributed by atoms with Crippen LogP contribution in [0.15, 0.2) is 24.3 Å². The summed E-state index contributed by atoms with van der Waals surface area (Å²) in [5, 5.41) is 14.7. The van der Waals surface area contributed by atoms with Gasteiger partial charge in [-0.3, -0.25) is 0 Å². The normalized spacial score (nSPS) is 17.0. The molecule has 2 rings (SSSR count). The Morgan fingerprint density at radius 1 is 1.29 bits per heavy atom. The molecule has 0 bridgehead atoms. The highest BCUT2D eigenvalue weighted by atomic mass is 16.5. The minimum atomic E-state index is -1.25. The molecule has 1 aromatic rings. The number of nitrogens with one attached hydrogen (secondary N) is 2. The van der Waals surface area contributed by atoms with E-state index in [0.717, 1.165) is 12.0 Å². The van der Waals surface area contributed by atoms with Gasteiger partial charge in [-0.05, 0) is 18.1 Å². The monoisotopic (exact) mass is 292 g/mol. The van der Waals surface area contributed by atoms with Gasteiger partial charge in [0, 0.05) is 31.7 Å². The van der Waals surface area contributed by atoms with E-state index in [-0.39, 0.29) is 12.8 Å². The predicted molar refractivity (Wildman–Crippen MR) is 78.4 cm³/mol. The molecule has 0 aromatic heterocycles. The molecular formula is C15H20N2O4. The summed E-state index contributed by atoms with van der Waals surface area (Å²) in [6.45, 7) is 2.66. The number of aryl methyl sites for hydroxylation is 1. The molecule has 0 radical (unpaired) electrons. The number of aliphatic carboxylic acids is 1. The van der Waals surface area contributed by atoms with E-state index in [1.54, 1.807) is 6.07 Å². The molecule has 6 heteroatoms. The van der Waals surface area contributed by atoms with E-state index in [9.17, 15) is 14.7 Å². The fourth-order valence-electron chi connectivity index (χ4n) is 2.43. The van der Waals surface area contributed by atoms with Gasteiger partial charge >= 0.3 is 12.0 Å². The van der Waals surface area contributed by atoms with E-state index >= 15 is 0 Å². The Morgan fingerprint density at radius 3 is 2.57 bits per heavy atom. The van der Waals surface area contributed by atoms with E-state index < -0.39 is 17.5 Å². The van der Waals surface area contributed by atoms with Gasteiger partial charge in [0.1, 0.15) is 5.54 Å². The van der Waals surface area contributed by atoms with Crippen molar-refractivity contribution in [2.24, 2.45) is 0 Å². The maximum absolute atomic E-state index is 12.1. The van der Waals surface area contributed by atoms with Gasteiger partial charge in [-0.1, -0.05) is 25.1 Å². The number of amides is 2. The van der Waals surface area contributed by atoms with Crippen molar-refractivity contribution < 1.29 is 19.4 Å². The minimum Gasteiger partial charge on any atom is -0.480 e. The fraction of sp³-hybridized carbons (Fsp3) is 0.467. The molecule has 1 aromatic carbocycles. The Kier molecular flexibility index (Phi) is 4.80. The molecule has 114 valence electrons. The summed E-state index contributed by atoms with van der Waals surface area (Å²) in [6, 6.07) is 6.96. The smallest absolute Gasteiger partial charge is 0.329 e. The minimum absolute atomic E-state index is 0.269. The van der Waals surface area contributed by atoms with E-state index in [4.69, 9.17) is 4.74 Å². The second kappa shape index (κ2) is 6.58. The largest absolute Gasteiger partial charge is 0.480 e. The molecular weight excluding hydrogens is 272 g/mol. The average molecular weight is 292 g/mol. The van der Waals surface area contributed by atoms with Crippen LogP contribution in [0.25, 0.3) is 0 Å². The van der Waals surface area contributed by atoms with Gasteiger partial charge in [-0.25, -0.2) is 9.59 Å². The molecule has 6 nitrogen and oxygen atoms in total. The first-order valence-corrected chi connectivity index (χ1v) is 7.05. The van der Waals surface area contributed by atoms with Crippen LogP contribution < -0.4 is 10.6 Å². The first-order chi connectivity index (χ1) is 10.1. The van der Waals surface area contributed by atoms with Crippen molar-refractivity contribution in [3.8, 4) is 0 Å². The van der Waals surface area contributed by atoms with Crippen molar-refractivity contribution in [1.29, 1.82) is 0 Å². The third kappa shape index (κ3) is 3.52. The van der Waals surface area contributed by atoms with Gasteiger partial charge in [0.2, 0.25) is 0 Å². The summed E-state index contributed by atoms with van der Waals surface area (Å²) < 4.78 is 5.18. The van der Waals surface area contributed by atoms with Gasteiger partial charge in [-0.15, -0.1) is 0 Å². The van der Waals surface area contributed by atoms with Crippen molar-refractivity contribution in [2.75, 3.05) is 18.5 Å². The van der Waals surface area contributed by atoms with Crippen LogP contribution in [0.4, 0.5) is 10.5 Å². The van der Waals surface area contributed by atoms with E-state index in [2.05, 4.69) is 10.6 Å². The first kappa shape index (κ1) is 15.3. The molecule has 0 saturated carbocycles. The van der Waals surface area contributed by atoms with Crippen molar-refractivity contribution in [3.05, 3.63) is 29.8 Å². The summed E-state index contributed by atoms with van der Waals surface area (Å²) in [5.74, 6) is -1.02. The zero-order chi connectivity index (χ0) is 15.3. The Morgan fingerprint density at radius 2 is 1.95 bits per heavy atom. The number of carbonyl (C=O) groups is 2. The maximum Gasteiger partial charge on any atom is 0.329 e. The summed E-state index contributed by atoms with van der Waals surface area (Å²) in [6.07, 6.45) is 1.32. The second-order valence-electron chi connectivity index (χ2n) is 5.09. The lowest BCUT2D eigenvalue weighted by Gasteiger charge is -2.33. The lowest BCUT2D eigenvalue weighted by molar-refractivity contribution is -0.148. The van der Waals surface area contributed by atoms with Crippen LogP contribution in [0.5, 0.6) is 0 Å². The number of para-hydroxylation sites is 1. The Hall–Kier alpha value is -2.08. The zero-order valence-corrected chi connectivity index (χ0v) is 12.0. The standard InChI is InChI=1S/C15H20N2O4/c1-2-11-5-3-4-6-12(11)16-14(20)17-15(13(18)19)7-9-21-10-8-15/h3-6H,2,7-10H2,1H3,(H,18,19)(H2,16,17,20). The predicted octanol–water partition coefficient (Wildman–Crippen LogP) is 2.00. The fourth-order valence-corrected chi connectivity index (χ4v) is 2.43. The highest BCUT2D eigenvalue weighted by Gasteiger charge is 2.41. The van der Waals surface area contributed by atoms with Crippen LogP contribution in [-0.2, 0) is 16.0 Å².